The number of aromatic amines is 1. The minimum absolute atomic E-state index is 0.390. The van der Waals surface area contributed by atoms with Crippen LogP contribution in [0.4, 0.5) is 0 Å². The molecule has 0 saturated heterocycles. The van der Waals surface area contributed by atoms with Crippen molar-refractivity contribution in [1.29, 1.82) is 0 Å². The van der Waals surface area contributed by atoms with Crippen molar-refractivity contribution >= 4 is 11.3 Å². The molecule has 0 aromatic carbocycles. The van der Waals surface area contributed by atoms with Gasteiger partial charge in [0.25, 0.3) is 0 Å². The minimum Gasteiger partial charge on any atom is -0.391 e. The van der Waals surface area contributed by atoms with Crippen LogP contribution in [0, 0.1) is 6.92 Å². The maximum atomic E-state index is 10.7. The third kappa shape index (κ3) is 2.77. The maximum Gasteiger partial charge on any atom is 0.434 e. The Hall–Kier alpha value is -1.47. The average molecular weight is 240 g/mol. The van der Waals surface area contributed by atoms with Crippen molar-refractivity contribution in [3.8, 4) is 0 Å². The van der Waals surface area contributed by atoms with Gasteiger partial charge in [-0.2, -0.15) is 0 Å². The first-order valence-corrected chi connectivity index (χ1v) is 5.65. The number of rotatable bonds is 4. The predicted molar refractivity (Wildman–Crippen MR) is 59.1 cm³/mol. The summed E-state index contributed by atoms with van der Waals surface area (Å²) < 4.78 is 4.82. The molecule has 1 N–H and O–H groups in total. The van der Waals surface area contributed by atoms with Crippen molar-refractivity contribution in [2.75, 3.05) is 7.05 Å². The van der Waals surface area contributed by atoms with Gasteiger partial charge in [0.05, 0.1) is 13.1 Å². The van der Waals surface area contributed by atoms with E-state index >= 15 is 0 Å². The summed E-state index contributed by atoms with van der Waals surface area (Å²) in [6, 6.07) is 0. The monoisotopic (exact) mass is 240 g/mol. The predicted octanol–water partition coefficient (Wildman–Crippen LogP) is 0.760. The van der Waals surface area contributed by atoms with Gasteiger partial charge < -0.3 is 4.42 Å². The topological polar surface area (TPSA) is 75.0 Å². The Bertz CT molecular complexity index is 515. The molecule has 0 aliphatic carbocycles. The molecule has 2 aromatic heterocycles. The van der Waals surface area contributed by atoms with E-state index in [2.05, 4.69) is 15.2 Å². The number of H-pyrrole nitrogens is 1. The number of hydrogen-bond acceptors (Lipinski definition) is 6. The maximum absolute atomic E-state index is 10.7. The molecule has 2 rings (SSSR count). The van der Waals surface area contributed by atoms with E-state index in [1.165, 1.54) is 0 Å². The van der Waals surface area contributed by atoms with E-state index < -0.39 is 5.76 Å². The van der Waals surface area contributed by atoms with Gasteiger partial charge in [0, 0.05) is 11.1 Å². The third-order valence-corrected chi connectivity index (χ3v) is 2.91. The number of aromatic nitrogens is 3. The highest BCUT2D eigenvalue weighted by Gasteiger charge is 2.08. The lowest BCUT2D eigenvalue weighted by molar-refractivity contribution is 0.277. The number of nitrogens with one attached hydrogen (secondary N) is 1. The summed E-state index contributed by atoms with van der Waals surface area (Å²) in [6.07, 6.45) is 0. The lowest BCUT2D eigenvalue weighted by Gasteiger charge is -2.11. The van der Waals surface area contributed by atoms with Crippen LogP contribution in [-0.2, 0) is 13.1 Å². The Labute approximate surface area is 95.9 Å². The molecule has 2 heterocycles. The van der Waals surface area contributed by atoms with Crippen LogP contribution in [0.25, 0.3) is 0 Å². The fourth-order valence-corrected chi connectivity index (χ4v) is 2.17. The third-order valence-electron chi connectivity index (χ3n) is 1.96. The molecule has 6 nitrogen and oxygen atoms in total. The number of hydrogen-bond donors (Lipinski definition) is 1. The van der Waals surface area contributed by atoms with Gasteiger partial charge in [-0.15, -0.1) is 16.4 Å². The van der Waals surface area contributed by atoms with Crippen LogP contribution >= 0.6 is 11.3 Å². The SMILES string of the molecule is Cc1csc(CN(C)Cc2n[nH]c(=O)o2)n1. The van der Waals surface area contributed by atoms with E-state index in [-0.39, 0.29) is 0 Å². The first-order chi connectivity index (χ1) is 7.63. The quantitative estimate of drug-likeness (QED) is 0.854. The van der Waals surface area contributed by atoms with Crippen molar-refractivity contribution in [1.82, 2.24) is 20.1 Å². The van der Waals surface area contributed by atoms with Gasteiger partial charge in [0.1, 0.15) is 5.01 Å². The zero-order valence-corrected chi connectivity index (χ0v) is 9.87. The second kappa shape index (κ2) is 4.58. The molecule has 0 spiro atoms. The molecular formula is C9H12N4O2S. The lowest BCUT2D eigenvalue weighted by atomic mass is 10.5. The number of nitrogens with zero attached hydrogens (tertiary/aromatic N) is 3. The van der Waals surface area contributed by atoms with E-state index in [4.69, 9.17) is 4.42 Å². The molecule has 2 aromatic rings. The molecule has 0 bridgehead atoms. The van der Waals surface area contributed by atoms with Crippen molar-refractivity contribution in [3.63, 3.8) is 0 Å². The molecule has 0 amide bonds. The average Bonchev–Trinajstić information content (AvgIpc) is 2.76. The Morgan fingerprint density at radius 1 is 1.56 bits per heavy atom. The highest BCUT2D eigenvalue weighted by atomic mass is 32.1. The van der Waals surface area contributed by atoms with Crippen molar-refractivity contribution in [3.05, 3.63) is 32.5 Å². The van der Waals surface area contributed by atoms with E-state index in [1.54, 1.807) is 11.3 Å². The summed E-state index contributed by atoms with van der Waals surface area (Å²) in [5, 5.41) is 9.02. The molecule has 0 saturated carbocycles. The Morgan fingerprint density at radius 3 is 2.94 bits per heavy atom. The zero-order valence-electron chi connectivity index (χ0n) is 9.06. The van der Waals surface area contributed by atoms with Crippen LogP contribution in [-0.4, -0.2) is 27.1 Å². The number of aryl methyl sites for hydroxylation is 1. The summed E-state index contributed by atoms with van der Waals surface area (Å²) in [7, 11) is 1.92. The van der Waals surface area contributed by atoms with Gasteiger partial charge in [-0.1, -0.05) is 0 Å². The molecule has 16 heavy (non-hydrogen) atoms. The molecule has 0 fully saturated rings. The molecule has 7 heteroatoms. The normalized spacial score (nSPS) is 11.2. The summed E-state index contributed by atoms with van der Waals surface area (Å²) in [4.78, 5) is 17.1. The van der Waals surface area contributed by atoms with E-state index in [0.29, 0.717) is 12.4 Å². The second-order valence-corrected chi connectivity index (χ2v) is 4.50. The van der Waals surface area contributed by atoms with Gasteiger partial charge in [-0.3, -0.25) is 4.90 Å². The Morgan fingerprint density at radius 2 is 2.38 bits per heavy atom. The van der Waals surface area contributed by atoms with Crippen LogP contribution in [0.5, 0.6) is 0 Å². The largest absolute Gasteiger partial charge is 0.434 e. The van der Waals surface area contributed by atoms with E-state index in [0.717, 1.165) is 17.2 Å². The van der Waals surface area contributed by atoms with Crippen LogP contribution in [0.3, 0.4) is 0 Å². The van der Waals surface area contributed by atoms with Crippen LogP contribution in [0.15, 0.2) is 14.6 Å². The first-order valence-electron chi connectivity index (χ1n) is 4.77. The molecule has 0 aliphatic rings. The van der Waals surface area contributed by atoms with Gasteiger partial charge in [-0.25, -0.2) is 14.9 Å². The highest BCUT2D eigenvalue weighted by molar-refractivity contribution is 7.09. The first kappa shape index (κ1) is 11.0. The van der Waals surface area contributed by atoms with Gasteiger partial charge in [-0.05, 0) is 14.0 Å². The summed E-state index contributed by atoms with van der Waals surface area (Å²) in [6.45, 7) is 3.17. The molecule has 0 atom stereocenters. The smallest absolute Gasteiger partial charge is 0.391 e. The fourth-order valence-electron chi connectivity index (χ4n) is 1.32. The fraction of sp³-hybridized carbons (Fsp3) is 0.444. The zero-order chi connectivity index (χ0) is 11.5. The van der Waals surface area contributed by atoms with Crippen LogP contribution < -0.4 is 5.76 Å². The highest BCUT2D eigenvalue weighted by Crippen LogP contribution is 2.11. The van der Waals surface area contributed by atoms with Gasteiger partial charge in [0.2, 0.25) is 5.89 Å². The molecule has 0 unspecified atom stereocenters. The van der Waals surface area contributed by atoms with E-state index in [1.807, 2.05) is 24.3 Å². The van der Waals surface area contributed by atoms with Gasteiger partial charge in [0.15, 0.2) is 0 Å². The van der Waals surface area contributed by atoms with Crippen LogP contribution in [0.1, 0.15) is 16.6 Å². The van der Waals surface area contributed by atoms with Crippen LogP contribution in [0.2, 0.25) is 0 Å². The molecular weight excluding hydrogens is 228 g/mol. The lowest BCUT2D eigenvalue weighted by Crippen LogP contribution is -2.17. The summed E-state index contributed by atoms with van der Waals surface area (Å²) >= 11 is 1.62. The minimum atomic E-state index is -0.520. The standard InChI is InChI=1S/C9H12N4O2S/c1-6-5-16-8(10-6)4-13(2)3-7-11-12-9(14)15-7/h5H,3-4H2,1-2H3,(H,12,14). The van der Waals surface area contributed by atoms with Crippen molar-refractivity contribution < 1.29 is 4.42 Å². The van der Waals surface area contributed by atoms with Crippen molar-refractivity contribution in [2.24, 2.45) is 0 Å². The van der Waals surface area contributed by atoms with E-state index in [9.17, 15) is 4.79 Å². The molecule has 0 radical (unpaired) electrons. The second-order valence-electron chi connectivity index (χ2n) is 3.56. The molecule has 86 valence electrons. The van der Waals surface area contributed by atoms with Gasteiger partial charge >= 0.3 is 5.76 Å². The number of thiazole rings is 1. The van der Waals surface area contributed by atoms with Crippen molar-refractivity contribution in [2.45, 2.75) is 20.0 Å². The summed E-state index contributed by atoms with van der Waals surface area (Å²) in [5.74, 6) is -0.130. The summed E-state index contributed by atoms with van der Waals surface area (Å²) in [5.41, 5.74) is 1.03. The Kier molecular flexibility index (Phi) is 3.16. The Balaban J connectivity index is 1.94. The molecule has 0 aliphatic heterocycles.